The van der Waals surface area contributed by atoms with Crippen molar-refractivity contribution in [3.05, 3.63) is 39.7 Å². The maximum atomic E-state index is 14.3. The van der Waals surface area contributed by atoms with Crippen molar-refractivity contribution >= 4 is 29.4 Å². The molecular formula is C29H40ClF2N5O5. The van der Waals surface area contributed by atoms with E-state index in [4.69, 9.17) is 27.9 Å². The number of allylic oxidation sites excluding steroid dienone is 1. The minimum absolute atomic E-state index is 0.0423. The first-order valence-corrected chi connectivity index (χ1v) is 14.6. The number of aliphatic carboxylic acids is 1. The zero-order valence-corrected chi connectivity index (χ0v) is 25.0. The van der Waals surface area contributed by atoms with Gasteiger partial charge < -0.3 is 30.4 Å². The molecule has 0 unspecified atom stereocenters. The molecule has 0 spiro atoms. The van der Waals surface area contributed by atoms with Gasteiger partial charge in [0.1, 0.15) is 18.1 Å². The Kier molecular flexibility index (Phi) is 9.56. The summed E-state index contributed by atoms with van der Waals surface area (Å²) in [6.07, 6.45) is 0.129. The van der Waals surface area contributed by atoms with Crippen LogP contribution < -0.4 is 16.3 Å². The van der Waals surface area contributed by atoms with Gasteiger partial charge in [-0.25, -0.2) is 14.6 Å². The number of carboxylic acids is 1. The summed E-state index contributed by atoms with van der Waals surface area (Å²) in [6.45, 7) is 4.15. The molecule has 1 saturated carbocycles. The minimum atomic E-state index is -2.93. The molecule has 3 aliphatic rings. The lowest BCUT2D eigenvalue weighted by Crippen LogP contribution is -2.52. The van der Waals surface area contributed by atoms with Crippen LogP contribution in [0.5, 0.6) is 5.75 Å². The summed E-state index contributed by atoms with van der Waals surface area (Å²) in [7, 11) is 1.25. The average molecular weight is 612 g/mol. The van der Waals surface area contributed by atoms with Gasteiger partial charge in [-0.1, -0.05) is 31.4 Å². The number of nitrogens with zero attached hydrogens (tertiary/aromatic N) is 3. The fraction of sp³-hybridized carbons (Fsp3) is 0.621. The summed E-state index contributed by atoms with van der Waals surface area (Å²) >= 11 is 6.63. The Bertz CT molecular complexity index is 1250. The summed E-state index contributed by atoms with van der Waals surface area (Å²) < 4.78 is 33.2. The predicted molar refractivity (Wildman–Crippen MR) is 152 cm³/mol. The molecule has 0 bridgehead atoms. The summed E-state index contributed by atoms with van der Waals surface area (Å²) in [5.41, 5.74) is 5.19. The van der Waals surface area contributed by atoms with Gasteiger partial charge in [-0.2, -0.15) is 0 Å². The number of carbonyl (C=O) groups is 3. The number of ether oxygens (including phenoxy) is 1. The number of fused-ring (bicyclic) bond motifs is 1. The number of benzene rings is 1. The van der Waals surface area contributed by atoms with Gasteiger partial charge >= 0.3 is 5.97 Å². The van der Waals surface area contributed by atoms with E-state index in [-0.39, 0.29) is 42.3 Å². The lowest BCUT2D eigenvalue weighted by atomic mass is 9.66. The Balaban J connectivity index is 1.77. The van der Waals surface area contributed by atoms with Crippen LogP contribution in [0.4, 0.5) is 8.78 Å². The number of carbonyl (C=O) groups excluding carboxylic acids is 2. The van der Waals surface area contributed by atoms with Gasteiger partial charge in [-0.05, 0) is 49.8 Å². The van der Waals surface area contributed by atoms with Crippen LogP contribution in [0.2, 0.25) is 5.02 Å². The normalized spacial score (nSPS) is 26.7. The van der Waals surface area contributed by atoms with Crippen molar-refractivity contribution in [1.82, 2.24) is 14.8 Å². The standard InChI is InChI=1S/C29H40ClF2N5O5/c1-16-12-23(38)36(13-16)14-21-24-17(9-11-37(21)27(39)18-6-4-5-10-29(18,2)28(40)41)19(30)7-8-22(24)42-15-20(33)25(26(31)32)35(3)34/h7-8,16,18,21,26H,4-6,9-15,33-34H2,1-3H3,(H,40,41)/b25-20-/t16-,18-,21-,29+/m1/s1. The molecule has 42 heavy (non-hydrogen) atoms. The summed E-state index contributed by atoms with van der Waals surface area (Å²) in [5.74, 6) is 3.91. The van der Waals surface area contributed by atoms with E-state index in [9.17, 15) is 28.3 Å². The van der Waals surface area contributed by atoms with Crippen molar-refractivity contribution in [3.8, 4) is 5.75 Å². The SMILES string of the molecule is C[C@@H]1CC(=O)N(C[C@@H]2c3c(OC/C(N)=C(\C(F)F)N(C)N)ccc(Cl)c3CCN2C(=O)[C@H]2CCCC[C@]2(C)C(=O)O)C1. The van der Waals surface area contributed by atoms with Crippen LogP contribution >= 0.6 is 11.6 Å². The van der Waals surface area contributed by atoms with Gasteiger partial charge in [-0.3, -0.25) is 14.4 Å². The van der Waals surface area contributed by atoms with E-state index < -0.39 is 42.1 Å². The molecule has 1 aliphatic carbocycles. The van der Waals surface area contributed by atoms with Gasteiger partial charge in [0.25, 0.3) is 6.43 Å². The highest BCUT2D eigenvalue weighted by molar-refractivity contribution is 6.31. The molecule has 1 saturated heterocycles. The number of rotatable bonds is 9. The van der Waals surface area contributed by atoms with Gasteiger partial charge in [0.05, 0.1) is 23.1 Å². The highest BCUT2D eigenvalue weighted by Crippen LogP contribution is 2.46. The summed E-state index contributed by atoms with van der Waals surface area (Å²) in [4.78, 5) is 42.9. The van der Waals surface area contributed by atoms with Gasteiger partial charge in [0.2, 0.25) is 11.8 Å². The molecule has 1 aromatic carbocycles. The van der Waals surface area contributed by atoms with E-state index in [1.54, 1.807) is 28.9 Å². The van der Waals surface area contributed by atoms with Crippen LogP contribution in [0.3, 0.4) is 0 Å². The van der Waals surface area contributed by atoms with E-state index in [0.717, 1.165) is 23.4 Å². The van der Waals surface area contributed by atoms with E-state index in [1.165, 1.54) is 7.05 Å². The van der Waals surface area contributed by atoms with Crippen LogP contribution in [0.25, 0.3) is 0 Å². The van der Waals surface area contributed by atoms with Crippen molar-refractivity contribution < 1.29 is 33.0 Å². The number of halogens is 3. The third-order valence-electron chi connectivity index (χ3n) is 8.95. The number of hydrazine groups is 1. The lowest BCUT2D eigenvalue weighted by molar-refractivity contribution is -0.162. The second kappa shape index (κ2) is 12.6. The molecule has 5 N–H and O–H groups in total. The number of likely N-dealkylation sites (tertiary alicyclic amines) is 1. The highest BCUT2D eigenvalue weighted by atomic mass is 35.5. The Hall–Kier alpha value is -3.12. The van der Waals surface area contributed by atoms with Crippen LogP contribution in [-0.2, 0) is 20.8 Å². The first-order valence-electron chi connectivity index (χ1n) is 14.3. The molecule has 2 aliphatic heterocycles. The molecule has 2 amide bonds. The van der Waals surface area contributed by atoms with Crippen molar-refractivity contribution in [1.29, 1.82) is 0 Å². The molecular weight excluding hydrogens is 572 g/mol. The molecule has 10 nitrogen and oxygen atoms in total. The van der Waals surface area contributed by atoms with Crippen molar-refractivity contribution in [2.45, 2.75) is 64.8 Å². The number of amides is 2. The van der Waals surface area contributed by atoms with Crippen LogP contribution in [0, 0.1) is 17.3 Å². The smallest absolute Gasteiger partial charge is 0.310 e. The van der Waals surface area contributed by atoms with E-state index in [0.29, 0.717) is 42.8 Å². The van der Waals surface area contributed by atoms with Gasteiger partial charge in [0.15, 0.2) is 0 Å². The Labute approximate surface area is 249 Å². The Morgan fingerprint density at radius 3 is 2.62 bits per heavy atom. The van der Waals surface area contributed by atoms with E-state index >= 15 is 0 Å². The average Bonchev–Trinajstić information content (AvgIpc) is 3.23. The quantitative estimate of drug-likeness (QED) is 0.284. The highest BCUT2D eigenvalue weighted by Gasteiger charge is 2.50. The molecule has 13 heteroatoms. The monoisotopic (exact) mass is 611 g/mol. The number of nitrogens with two attached hydrogens (primary N) is 2. The third-order valence-corrected chi connectivity index (χ3v) is 9.30. The van der Waals surface area contributed by atoms with Crippen molar-refractivity contribution in [2.75, 3.05) is 33.3 Å². The van der Waals surface area contributed by atoms with E-state index in [2.05, 4.69) is 0 Å². The Morgan fingerprint density at radius 1 is 1.31 bits per heavy atom. The molecule has 4 rings (SSSR count). The first kappa shape index (κ1) is 31.8. The number of carboxylic acid groups (broad SMARTS) is 1. The summed E-state index contributed by atoms with van der Waals surface area (Å²) in [6, 6.07) is 2.54. The first-order chi connectivity index (χ1) is 19.8. The third kappa shape index (κ3) is 6.15. The molecule has 232 valence electrons. The fourth-order valence-electron chi connectivity index (χ4n) is 6.65. The topological polar surface area (TPSA) is 142 Å². The van der Waals surface area contributed by atoms with Crippen LogP contribution in [-0.4, -0.2) is 77.4 Å². The van der Waals surface area contributed by atoms with Crippen LogP contribution in [0.1, 0.15) is 63.1 Å². The lowest BCUT2D eigenvalue weighted by Gasteiger charge is -2.45. The predicted octanol–water partition coefficient (Wildman–Crippen LogP) is 3.54. The second-order valence-electron chi connectivity index (χ2n) is 12.0. The largest absolute Gasteiger partial charge is 0.487 e. The molecule has 4 atom stereocenters. The maximum absolute atomic E-state index is 14.3. The van der Waals surface area contributed by atoms with Crippen molar-refractivity contribution in [3.63, 3.8) is 0 Å². The number of hydrogen-bond acceptors (Lipinski definition) is 7. The maximum Gasteiger partial charge on any atom is 0.310 e. The number of hydrogen-bond donors (Lipinski definition) is 3. The van der Waals surface area contributed by atoms with Crippen molar-refractivity contribution in [2.24, 2.45) is 28.8 Å². The fourth-order valence-corrected chi connectivity index (χ4v) is 6.91. The van der Waals surface area contributed by atoms with Gasteiger partial charge in [0, 0.05) is 43.7 Å². The Morgan fingerprint density at radius 2 is 2.02 bits per heavy atom. The van der Waals surface area contributed by atoms with Crippen LogP contribution in [0.15, 0.2) is 23.5 Å². The zero-order valence-electron chi connectivity index (χ0n) is 24.2. The molecule has 1 aromatic rings. The molecule has 0 aromatic heterocycles. The zero-order chi connectivity index (χ0) is 30.9. The summed E-state index contributed by atoms with van der Waals surface area (Å²) in [5, 5.41) is 11.3. The minimum Gasteiger partial charge on any atom is -0.487 e. The molecule has 2 heterocycles. The molecule has 2 fully saturated rings. The molecule has 0 radical (unpaired) electrons. The van der Waals surface area contributed by atoms with Gasteiger partial charge in [-0.15, -0.1) is 0 Å². The van der Waals surface area contributed by atoms with E-state index in [1.807, 2.05) is 6.92 Å². The second-order valence-corrected chi connectivity index (χ2v) is 12.4. The number of alkyl halides is 2.